The van der Waals surface area contributed by atoms with E-state index in [1.807, 2.05) is 37.3 Å². The van der Waals surface area contributed by atoms with E-state index in [9.17, 15) is 19.1 Å². The summed E-state index contributed by atoms with van der Waals surface area (Å²) in [6.07, 6.45) is 1.39. The molecule has 0 radical (unpaired) electrons. The normalized spacial score (nSPS) is 11.2. The number of pyridine rings is 1. The Labute approximate surface area is 218 Å². The summed E-state index contributed by atoms with van der Waals surface area (Å²) in [4.78, 5) is 29.2. The van der Waals surface area contributed by atoms with Crippen molar-refractivity contribution in [2.24, 2.45) is 7.05 Å². The number of nitrogens with one attached hydrogen (secondary N) is 2. The van der Waals surface area contributed by atoms with Gasteiger partial charge in [0.2, 0.25) is 0 Å². The van der Waals surface area contributed by atoms with Gasteiger partial charge < -0.3 is 20.5 Å². The third-order valence-corrected chi connectivity index (χ3v) is 5.84. The Balaban J connectivity index is 1.51. The Morgan fingerprint density at radius 2 is 1.82 bits per heavy atom. The number of para-hydroxylation sites is 1. The molecule has 0 saturated heterocycles. The molecule has 0 bridgehead atoms. The molecule has 1 amide bonds. The lowest BCUT2D eigenvalue weighted by Crippen LogP contribution is -2.36. The molecule has 0 aliphatic rings. The molecule has 0 saturated carbocycles. The van der Waals surface area contributed by atoms with Crippen LogP contribution < -0.4 is 20.9 Å². The van der Waals surface area contributed by atoms with Crippen LogP contribution in [0.4, 0.5) is 15.9 Å². The number of aliphatic hydroxyl groups is 1. The Hall–Kier alpha value is -4.70. The number of ether oxygens (including phenoxy) is 1. The van der Waals surface area contributed by atoms with Crippen molar-refractivity contribution < 1.29 is 19.0 Å². The molecular weight excluding hydrogens is 489 g/mol. The maximum Gasteiger partial charge on any atom is 0.281 e. The molecule has 0 unspecified atom stereocenters. The lowest BCUT2D eigenvalue weighted by Gasteiger charge is -2.16. The van der Waals surface area contributed by atoms with E-state index >= 15 is 0 Å². The van der Waals surface area contributed by atoms with Gasteiger partial charge in [-0.2, -0.15) is 0 Å². The van der Waals surface area contributed by atoms with E-state index in [1.54, 1.807) is 22.5 Å². The minimum atomic E-state index is -1.59. The van der Waals surface area contributed by atoms with Crippen molar-refractivity contribution in [3.63, 3.8) is 0 Å². The summed E-state index contributed by atoms with van der Waals surface area (Å²) < 4.78 is 23.8. The largest absolute Gasteiger partial charge is 0.454 e. The molecular formula is C28H28FN5O4. The highest BCUT2D eigenvalue weighted by molar-refractivity contribution is 5.95. The zero-order valence-electron chi connectivity index (χ0n) is 21.4. The smallest absolute Gasteiger partial charge is 0.281 e. The molecule has 4 rings (SSSR count). The van der Waals surface area contributed by atoms with Crippen molar-refractivity contribution in [1.82, 2.24) is 14.3 Å². The standard InChI is InChI=1S/C28H28FN5O4/c1-17(25-18(2)33(5)34(26(25)35)20-9-7-6-8-10-20)31-19-11-12-23(22(29)15-19)38-21-13-14-30-24(16-21)32-27(36)28(3,4)37/h6-16,31,37H,1H2,2-5H3,(H,30,32,36). The van der Waals surface area contributed by atoms with Crippen LogP contribution in [0.5, 0.6) is 11.5 Å². The minimum Gasteiger partial charge on any atom is -0.454 e. The average Bonchev–Trinajstić information content (AvgIpc) is 3.08. The van der Waals surface area contributed by atoms with Crippen LogP contribution in [0.25, 0.3) is 11.4 Å². The van der Waals surface area contributed by atoms with Gasteiger partial charge in [-0.25, -0.2) is 14.1 Å². The van der Waals surface area contributed by atoms with Gasteiger partial charge in [0.25, 0.3) is 11.5 Å². The number of benzene rings is 2. The van der Waals surface area contributed by atoms with Crippen molar-refractivity contribution >= 4 is 23.1 Å². The summed E-state index contributed by atoms with van der Waals surface area (Å²) in [5.74, 6) is -0.990. The van der Waals surface area contributed by atoms with E-state index in [0.29, 0.717) is 28.3 Å². The molecule has 196 valence electrons. The molecule has 0 spiro atoms. The van der Waals surface area contributed by atoms with E-state index < -0.39 is 17.3 Å². The Bertz CT molecular complexity index is 1570. The SMILES string of the molecule is C=C(Nc1ccc(Oc2ccnc(NC(=O)C(C)(C)O)c2)c(F)c1)c1c(C)n(C)n(-c2ccccc2)c1=O. The number of aromatic nitrogens is 3. The van der Waals surface area contributed by atoms with Gasteiger partial charge in [-0.3, -0.25) is 14.3 Å². The summed E-state index contributed by atoms with van der Waals surface area (Å²) in [5, 5.41) is 15.3. The van der Waals surface area contributed by atoms with Gasteiger partial charge in [-0.15, -0.1) is 0 Å². The summed E-state index contributed by atoms with van der Waals surface area (Å²) in [6.45, 7) is 8.52. The van der Waals surface area contributed by atoms with Crippen molar-refractivity contribution in [2.75, 3.05) is 10.6 Å². The van der Waals surface area contributed by atoms with Crippen molar-refractivity contribution in [1.29, 1.82) is 0 Å². The van der Waals surface area contributed by atoms with Crippen molar-refractivity contribution in [3.8, 4) is 17.2 Å². The summed E-state index contributed by atoms with van der Waals surface area (Å²) in [5.41, 5.74) is 0.655. The molecule has 9 nitrogen and oxygen atoms in total. The van der Waals surface area contributed by atoms with Crippen LogP contribution in [0.2, 0.25) is 0 Å². The van der Waals surface area contributed by atoms with Gasteiger partial charge in [0.1, 0.15) is 17.2 Å². The quantitative estimate of drug-likeness (QED) is 0.315. The maximum atomic E-state index is 14.9. The van der Waals surface area contributed by atoms with Crippen LogP contribution in [-0.4, -0.2) is 31.0 Å². The van der Waals surface area contributed by atoms with Crippen LogP contribution in [0.3, 0.4) is 0 Å². The van der Waals surface area contributed by atoms with Crippen molar-refractivity contribution in [3.05, 3.63) is 101 Å². The molecule has 2 heterocycles. The second-order valence-electron chi connectivity index (χ2n) is 9.18. The Morgan fingerprint density at radius 1 is 1.11 bits per heavy atom. The Morgan fingerprint density at radius 3 is 2.47 bits per heavy atom. The predicted octanol–water partition coefficient (Wildman–Crippen LogP) is 4.60. The van der Waals surface area contributed by atoms with E-state index in [2.05, 4.69) is 22.2 Å². The number of carbonyl (C=O) groups excluding carboxylic acids is 1. The van der Waals surface area contributed by atoms with Crippen LogP contribution in [0.15, 0.2) is 78.2 Å². The van der Waals surface area contributed by atoms with E-state index in [4.69, 9.17) is 4.74 Å². The molecule has 2 aromatic heterocycles. The number of amides is 1. The van der Waals surface area contributed by atoms with Crippen LogP contribution in [-0.2, 0) is 11.8 Å². The van der Waals surface area contributed by atoms with Crippen LogP contribution in [0.1, 0.15) is 25.1 Å². The average molecular weight is 518 g/mol. The molecule has 0 atom stereocenters. The summed E-state index contributed by atoms with van der Waals surface area (Å²) in [6, 6.07) is 16.4. The third-order valence-electron chi connectivity index (χ3n) is 5.84. The topological polar surface area (TPSA) is 110 Å². The first-order valence-electron chi connectivity index (χ1n) is 11.7. The highest BCUT2D eigenvalue weighted by Gasteiger charge is 2.24. The molecule has 4 aromatic rings. The molecule has 0 fully saturated rings. The first kappa shape index (κ1) is 26.4. The van der Waals surface area contributed by atoms with Gasteiger partial charge in [0.15, 0.2) is 11.6 Å². The highest BCUT2D eigenvalue weighted by Crippen LogP contribution is 2.29. The summed E-state index contributed by atoms with van der Waals surface area (Å²) >= 11 is 0. The molecule has 38 heavy (non-hydrogen) atoms. The van der Waals surface area contributed by atoms with Gasteiger partial charge in [-0.05, 0) is 51.1 Å². The number of halogens is 1. The number of hydrogen-bond acceptors (Lipinski definition) is 6. The monoisotopic (exact) mass is 517 g/mol. The second-order valence-corrected chi connectivity index (χ2v) is 9.18. The second kappa shape index (κ2) is 10.3. The van der Waals surface area contributed by atoms with Gasteiger partial charge in [0, 0.05) is 42.5 Å². The number of nitrogens with zero attached hydrogens (tertiary/aromatic N) is 3. The lowest BCUT2D eigenvalue weighted by atomic mass is 10.1. The maximum absolute atomic E-state index is 14.9. The first-order chi connectivity index (χ1) is 18.0. The molecule has 0 aliphatic carbocycles. The van der Waals surface area contributed by atoms with E-state index in [0.717, 1.165) is 0 Å². The minimum absolute atomic E-state index is 0.0607. The first-order valence-corrected chi connectivity index (χ1v) is 11.7. The lowest BCUT2D eigenvalue weighted by molar-refractivity contribution is -0.130. The highest BCUT2D eigenvalue weighted by atomic mass is 19.1. The van der Waals surface area contributed by atoms with E-state index in [1.165, 1.54) is 44.3 Å². The van der Waals surface area contributed by atoms with Crippen LogP contribution in [0, 0.1) is 12.7 Å². The number of anilines is 2. The molecule has 0 aliphatic heterocycles. The zero-order valence-corrected chi connectivity index (χ0v) is 21.4. The zero-order chi connectivity index (χ0) is 27.6. The fourth-order valence-corrected chi connectivity index (χ4v) is 3.75. The van der Waals surface area contributed by atoms with Crippen LogP contribution >= 0.6 is 0 Å². The Kier molecular flexibility index (Phi) is 7.18. The van der Waals surface area contributed by atoms with E-state index in [-0.39, 0.29) is 22.9 Å². The van der Waals surface area contributed by atoms with Gasteiger partial charge in [0.05, 0.1) is 11.3 Å². The van der Waals surface area contributed by atoms with Gasteiger partial charge >= 0.3 is 0 Å². The molecule has 2 aromatic carbocycles. The number of hydrogen-bond donors (Lipinski definition) is 3. The summed E-state index contributed by atoms with van der Waals surface area (Å²) in [7, 11) is 1.78. The molecule has 3 N–H and O–H groups in total. The fraction of sp³-hybridized carbons (Fsp3) is 0.179. The molecule has 10 heteroatoms. The predicted molar refractivity (Wildman–Crippen MR) is 144 cm³/mol. The number of carbonyl (C=O) groups is 1. The fourth-order valence-electron chi connectivity index (χ4n) is 3.75. The van der Waals surface area contributed by atoms with Gasteiger partial charge in [-0.1, -0.05) is 24.8 Å². The van der Waals surface area contributed by atoms with Crippen molar-refractivity contribution in [2.45, 2.75) is 26.4 Å². The number of rotatable bonds is 8. The third kappa shape index (κ3) is 5.50.